The summed E-state index contributed by atoms with van der Waals surface area (Å²) in [5.74, 6) is -0.0777. The van der Waals surface area contributed by atoms with E-state index in [0.29, 0.717) is 11.2 Å². The van der Waals surface area contributed by atoms with Crippen molar-refractivity contribution in [1.29, 1.82) is 0 Å². The van der Waals surface area contributed by atoms with Crippen molar-refractivity contribution in [3.8, 4) is 0 Å². The molecule has 0 spiro atoms. The number of carbonyl (C=O) groups excluding carboxylic acids is 1. The number of carbonyl (C=O) groups is 1. The van der Waals surface area contributed by atoms with Gasteiger partial charge in [0.15, 0.2) is 5.13 Å². The largest absolute Gasteiger partial charge is 0.381 e. The Kier molecular flexibility index (Phi) is 5.65. The zero-order valence-electron chi connectivity index (χ0n) is 15.0. The van der Waals surface area contributed by atoms with Crippen LogP contribution in [0.2, 0.25) is 0 Å². The summed E-state index contributed by atoms with van der Waals surface area (Å²) < 4.78 is 0. The standard InChI is InChI=1S/C18H25N5OS/c1-12-7-16(8-13(2)20-12)22-15-5-4-6-23(10-15)11-17-9-19-18(25-17)21-14(3)24/h7-9,15H,4-6,10-11H2,1-3H3,(H,20,22)(H,19,21,24)/t15-/m1/s1. The van der Waals surface area contributed by atoms with E-state index in [4.69, 9.17) is 0 Å². The number of hydrogen-bond donors (Lipinski definition) is 2. The van der Waals surface area contributed by atoms with E-state index in [1.54, 1.807) is 11.3 Å². The first-order valence-corrected chi connectivity index (χ1v) is 9.46. The molecule has 25 heavy (non-hydrogen) atoms. The van der Waals surface area contributed by atoms with Crippen molar-refractivity contribution in [2.24, 2.45) is 0 Å². The van der Waals surface area contributed by atoms with E-state index in [9.17, 15) is 4.79 Å². The SMILES string of the molecule is CC(=O)Nc1ncc(CN2CCC[C@@H](Nc3cc(C)nc(C)c3)C2)s1. The molecule has 3 heterocycles. The highest BCUT2D eigenvalue weighted by atomic mass is 32.1. The Hall–Kier alpha value is -1.99. The lowest BCUT2D eigenvalue weighted by Crippen LogP contribution is -2.41. The average Bonchev–Trinajstić information content (AvgIpc) is 2.92. The molecule has 1 aliphatic rings. The van der Waals surface area contributed by atoms with Gasteiger partial charge in [0.05, 0.1) is 0 Å². The molecule has 0 saturated carbocycles. The number of nitrogens with one attached hydrogen (secondary N) is 2. The number of likely N-dealkylation sites (tertiary alicyclic amines) is 1. The van der Waals surface area contributed by atoms with Gasteiger partial charge in [0.25, 0.3) is 0 Å². The third-order valence-electron chi connectivity index (χ3n) is 4.17. The zero-order chi connectivity index (χ0) is 17.8. The first-order valence-electron chi connectivity index (χ1n) is 8.64. The van der Waals surface area contributed by atoms with E-state index >= 15 is 0 Å². The van der Waals surface area contributed by atoms with Crippen molar-refractivity contribution in [3.63, 3.8) is 0 Å². The molecule has 0 aromatic carbocycles. The van der Waals surface area contributed by atoms with E-state index in [1.165, 1.54) is 24.6 Å². The number of aromatic nitrogens is 2. The van der Waals surface area contributed by atoms with Crippen LogP contribution in [0, 0.1) is 13.8 Å². The van der Waals surface area contributed by atoms with Gasteiger partial charge in [-0.2, -0.15) is 0 Å². The number of nitrogens with zero attached hydrogens (tertiary/aromatic N) is 3. The maximum Gasteiger partial charge on any atom is 0.223 e. The molecule has 1 fully saturated rings. The highest BCUT2D eigenvalue weighted by molar-refractivity contribution is 7.15. The molecule has 2 N–H and O–H groups in total. The summed E-state index contributed by atoms with van der Waals surface area (Å²) in [5.41, 5.74) is 3.25. The van der Waals surface area contributed by atoms with Crippen molar-refractivity contribution in [1.82, 2.24) is 14.9 Å². The normalized spacial score (nSPS) is 18.1. The van der Waals surface area contributed by atoms with Gasteiger partial charge in [-0.1, -0.05) is 0 Å². The highest BCUT2D eigenvalue weighted by Gasteiger charge is 2.20. The maximum atomic E-state index is 11.1. The Bertz CT molecular complexity index is 725. The first kappa shape index (κ1) is 17.8. The van der Waals surface area contributed by atoms with E-state index in [0.717, 1.165) is 36.7 Å². The topological polar surface area (TPSA) is 70.2 Å². The van der Waals surface area contributed by atoms with Crippen LogP contribution in [0.5, 0.6) is 0 Å². The van der Waals surface area contributed by atoms with E-state index < -0.39 is 0 Å². The van der Waals surface area contributed by atoms with Crippen LogP contribution in [-0.4, -0.2) is 39.9 Å². The molecule has 134 valence electrons. The average molecular weight is 359 g/mol. The van der Waals surface area contributed by atoms with Crippen molar-refractivity contribution in [3.05, 3.63) is 34.6 Å². The summed E-state index contributed by atoms with van der Waals surface area (Å²) in [6.07, 6.45) is 4.22. The number of anilines is 2. The molecule has 1 amide bonds. The smallest absolute Gasteiger partial charge is 0.223 e. The molecule has 1 saturated heterocycles. The number of hydrogen-bond acceptors (Lipinski definition) is 6. The van der Waals surface area contributed by atoms with Crippen LogP contribution in [0.4, 0.5) is 10.8 Å². The lowest BCUT2D eigenvalue weighted by Gasteiger charge is -2.33. The fraction of sp³-hybridized carbons (Fsp3) is 0.500. The lowest BCUT2D eigenvalue weighted by atomic mass is 10.1. The molecule has 1 atom stereocenters. The van der Waals surface area contributed by atoms with Crippen molar-refractivity contribution >= 4 is 28.1 Å². The molecule has 1 aliphatic heterocycles. The van der Waals surface area contributed by atoms with Gasteiger partial charge in [-0.25, -0.2) is 4.98 Å². The van der Waals surface area contributed by atoms with Crippen LogP contribution in [-0.2, 0) is 11.3 Å². The number of amides is 1. The van der Waals surface area contributed by atoms with Crippen molar-refractivity contribution < 1.29 is 4.79 Å². The van der Waals surface area contributed by atoms with Crippen LogP contribution in [0.15, 0.2) is 18.3 Å². The zero-order valence-corrected chi connectivity index (χ0v) is 15.8. The summed E-state index contributed by atoms with van der Waals surface area (Å²) in [6.45, 7) is 8.55. The molecule has 2 aromatic heterocycles. The summed E-state index contributed by atoms with van der Waals surface area (Å²) in [7, 11) is 0. The van der Waals surface area contributed by atoms with Gasteiger partial charge in [0.1, 0.15) is 0 Å². The number of aryl methyl sites for hydroxylation is 2. The summed E-state index contributed by atoms with van der Waals surface area (Å²) in [4.78, 5) is 23.4. The van der Waals surface area contributed by atoms with E-state index in [-0.39, 0.29) is 5.91 Å². The predicted octanol–water partition coefficient (Wildman–Crippen LogP) is 3.19. The van der Waals surface area contributed by atoms with Crippen LogP contribution >= 0.6 is 11.3 Å². The van der Waals surface area contributed by atoms with Gasteiger partial charge < -0.3 is 10.6 Å². The van der Waals surface area contributed by atoms with Crippen LogP contribution < -0.4 is 10.6 Å². The molecule has 0 radical (unpaired) electrons. The number of thiazole rings is 1. The molecule has 0 bridgehead atoms. The minimum absolute atomic E-state index is 0.0777. The summed E-state index contributed by atoms with van der Waals surface area (Å²) >= 11 is 1.55. The minimum atomic E-state index is -0.0777. The Morgan fingerprint density at radius 2 is 2.12 bits per heavy atom. The Balaban J connectivity index is 1.57. The molecule has 3 rings (SSSR count). The van der Waals surface area contributed by atoms with Gasteiger partial charge in [-0.15, -0.1) is 11.3 Å². The minimum Gasteiger partial charge on any atom is -0.381 e. The summed E-state index contributed by atoms with van der Waals surface area (Å²) in [5, 5.41) is 7.08. The van der Waals surface area contributed by atoms with Crippen LogP contribution in [0.25, 0.3) is 0 Å². The Morgan fingerprint density at radius 1 is 1.36 bits per heavy atom. The second kappa shape index (κ2) is 7.93. The van der Waals surface area contributed by atoms with Crippen LogP contribution in [0.1, 0.15) is 36.0 Å². The van der Waals surface area contributed by atoms with E-state index in [2.05, 4.69) is 37.6 Å². The monoisotopic (exact) mass is 359 g/mol. The van der Waals surface area contributed by atoms with Crippen molar-refractivity contribution in [2.45, 2.75) is 46.2 Å². The van der Waals surface area contributed by atoms with Crippen LogP contribution in [0.3, 0.4) is 0 Å². The maximum absolute atomic E-state index is 11.1. The fourth-order valence-corrected chi connectivity index (χ4v) is 4.18. The molecular formula is C18H25N5OS. The van der Waals surface area contributed by atoms with Gasteiger partial charge >= 0.3 is 0 Å². The fourth-order valence-electron chi connectivity index (χ4n) is 3.28. The second-order valence-electron chi connectivity index (χ2n) is 6.67. The lowest BCUT2D eigenvalue weighted by molar-refractivity contribution is -0.114. The van der Waals surface area contributed by atoms with Gasteiger partial charge in [0.2, 0.25) is 5.91 Å². The third kappa shape index (κ3) is 5.24. The highest BCUT2D eigenvalue weighted by Crippen LogP contribution is 2.23. The number of pyridine rings is 1. The summed E-state index contributed by atoms with van der Waals surface area (Å²) in [6, 6.07) is 4.65. The second-order valence-corrected chi connectivity index (χ2v) is 7.79. The van der Waals surface area contributed by atoms with Gasteiger partial charge in [-0.05, 0) is 45.4 Å². The van der Waals surface area contributed by atoms with Gasteiger partial charge in [0, 0.05) is 54.2 Å². The first-order chi connectivity index (χ1) is 12.0. The Morgan fingerprint density at radius 3 is 2.84 bits per heavy atom. The quantitative estimate of drug-likeness (QED) is 0.858. The third-order valence-corrected chi connectivity index (χ3v) is 5.07. The molecule has 0 unspecified atom stereocenters. The number of rotatable bonds is 5. The molecule has 6 nitrogen and oxygen atoms in total. The molecule has 0 aliphatic carbocycles. The van der Waals surface area contributed by atoms with Crippen molar-refractivity contribution in [2.75, 3.05) is 23.7 Å². The van der Waals surface area contributed by atoms with E-state index in [1.807, 2.05) is 20.0 Å². The van der Waals surface area contributed by atoms with Gasteiger partial charge in [-0.3, -0.25) is 14.7 Å². The predicted molar refractivity (Wildman–Crippen MR) is 102 cm³/mol. The molecular weight excluding hydrogens is 334 g/mol. The molecule has 2 aromatic rings. The molecule has 7 heteroatoms. The Labute approximate surface area is 152 Å². The number of piperidine rings is 1.